The highest BCUT2D eigenvalue weighted by molar-refractivity contribution is 6.35. The van der Waals surface area contributed by atoms with Gasteiger partial charge in [-0.1, -0.05) is 41.4 Å². The molecule has 0 saturated carbocycles. The second-order valence-electron chi connectivity index (χ2n) is 4.04. The van der Waals surface area contributed by atoms with Gasteiger partial charge in [-0.15, -0.1) is 0 Å². The third-order valence-corrected chi connectivity index (χ3v) is 3.05. The van der Waals surface area contributed by atoms with E-state index < -0.39 is 0 Å². The molecule has 2 nitrogen and oxygen atoms in total. The van der Waals surface area contributed by atoms with Crippen LogP contribution in [0, 0.1) is 6.92 Å². The maximum Gasteiger partial charge on any atom is 0.194 e. The molecule has 0 aliphatic heterocycles. The second-order valence-corrected chi connectivity index (χ2v) is 4.45. The summed E-state index contributed by atoms with van der Waals surface area (Å²) < 4.78 is 5.06. The van der Waals surface area contributed by atoms with E-state index in [0.717, 1.165) is 5.56 Å². The average molecular weight is 261 g/mol. The first kappa shape index (κ1) is 12.7. The van der Waals surface area contributed by atoms with Gasteiger partial charge in [0.2, 0.25) is 0 Å². The number of benzene rings is 2. The highest BCUT2D eigenvalue weighted by Crippen LogP contribution is 2.24. The lowest BCUT2D eigenvalue weighted by molar-refractivity contribution is 0.103. The number of hydrogen-bond acceptors (Lipinski definition) is 2. The molecule has 0 fully saturated rings. The molecule has 0 aliphatic carbocycles. The van der Waals surface area contributed by atoms with Crippen molar-refractivity contribution in [2.45, 2.75) is 6.92 Å². The molecule has 0 bridgehead atoms. The van der Waals surface area contributed by atoms with Gasteiger partial charge in [0.25, 0.3) is 0 Å². The molecule has 0 aliphatic rings. The van der Waals surface area contributed by atoms with E-state index in [1.807, 2.05) is 19.1 Å². The Morgan fingerprint density at radius 2 is 1.78 bits per heavy atom. The van der Waals surface area contributed by atoms with Crippen molar-refractivity contribution in [3.63, 3.8) is 0 Å². The number of ketones is 1. The van der Waals surface area contributed by atoms with Gasteiger partial charge in [0.05, 0.1) is 12.1 Å². The van der Waals surface area contributed by atoms with Crippen molar-refractivity contribution in [1.29, 1.82) is 0 Å². The minimum Gasteiger partial charge on any atom is -0.497 e. The van der Waals surface area contributed by atoms with Gasteiger partial charge in [-0.05, 0) is 25.1 Å². The predicted octanol–water partition coefficient (Wildman–Crippen LogP) is 3.89. The highest BCUT2D eigenvalue weighted by Gasteiger charge is 2.13. The molecule has 0 atom stereocenters. The van der Waals surface area contributed by atoms with Crippen LogP contribution in [0.2, 0.25) is 5.02 Å². The number of halogens is 1. The van der Waals surface area contributed by atoms with Crippen molar-refractivity contribution in [3.8, 4) is 5.75 Å². The number of rotatable bonds is 3. The summed E-state index contributed by atoms with van der Waals surface area (Å²) in [5, 5.41) is 0.403. The van der Waals surface area contributed by atoms with Gasteiger partial charge in [-0.3, -0.25) is 4.79 Å². The first-order chi connectivity index (χ1) is 8.61. The van der Waals surface area contributed by atoms with Crippen molar-refractivity contribution < 1.29 is 9.53 Å². The minimum atomic E-state index is -0.0809. The Morgan fingerprint density at radius 3 is 2.33 bits per heavy atom. The second kappa shape index (κ2) is 5.23. The van der Waals surface area contributed by atoms with Gasteiger partial charge in [-0.2, -0.15) is 0 Å². The van der Waals surface area contributed by atoms with Gasteiger partial charge in [-0.25, -0.2) is 0 Å². The number of carbonyl (C=O) groups excluding carboxylic acids is 1. The zero-order valence-corrected chi connectivity index (χ0v) is 11.0. The van der Waals surface area contributed by atoms with Gasteiger partial charge < -0.3 is 4.74 Å². The molecule has 0 N–H and O–H groups in total. The Hall–Kier alpha value is -1.80. The third-order valence-electron chi connectivity index (χ3n) is 2.73. The Bertz CT molecular complexity index is 574. The molecule has 2 aromatic rings. The number of carbonyl (C=O) groups is 1. The van der Waals surface area contributed by atoms with Crippen molar-refractivity contribution in [3.05, 3.63) is 64.2 Å². The van der Waals surface area contributed by atoms with Gasteiger partial charge in [0.1, 0.15) is 5.75 Å². The van der Waals surface area contributed by atoms with E-state index in [0.29, 0.717) is 21.9 Å². The molecule has 92 valence electrons. The first-order valence-corrected chi connectivity index (χ1v) is 5.94. The zero-order valence-electron chi connectivity index (χ0n) is 10.2. The third kappa shape index (κ3) is 2.54. The quantitative estimate of drug-likeness (QED) is 0.783. The van der Waals surface area contributed by atoms with E-state index in [4.69, 9.17) is 16.3 Å². The van der Waals surface area contributed by atoms with E-state index in [1.54, 1.807) is 37.4 Å². The molecule has 0 unspecified atom stereocenters. The number of methoxy groups -OCH3 is 1. The Balaban J connectivity index is 2.37. The van der Waals surface area contributed by atoms with Crippen LogP contribution in [0.3, 0.4) is 0 Å². The lowest BCUT2D eigenvalue weighted by atomic mass is 10.0. The molecule has 0 radical (unpaired) electrons. The number of hydrogen-bond donors (Lipinski definition) is 0. The van der Waals surface area contributed by atoms with Crippen LogP contribution in [0.1, 0.15) is 21.5 Å². The van der Waals surface area contributed by atoms with Crippen LogP contribution in [-0.4, -0.2) is 12.9 Å². The summed E-state index contributed by atoms with van der Waals surface area (Å²) >= 11 is 6.08. The van der Waals surface area contributed by atoms with E-state index in [9.17, 15) is 4.79 Å². The van der Waals surface area contributed by atoms with Crippen LogP contribution in [-0.2, 0) is 0 Å². The fourth-order valence-corrected chi connectivity index (χ4v) is 1.92. The lowest BCUT2D eigenvalue weighted by Gasteiger charge is -2.06. The summed E-state index contributed by atoms with van der Waals surface area (Å²) in [5.41, 5.74) is 2.24. The summed E-state index contributed by atoms with van der Waals surface area (Å²) in [6.45, 7) is 1.98. The van der Waals surface area contributed by atoms with Crippen molar-refractivity contribution in [1.82, 2.24) is 0 Å². The Labute approximate surface area is 111 Å². The van der Waals surface area contributed by atoms with E-state index in [1.165, 1.54) is 0 Å². The smallest absolute Gasteiger partial charge is 0.194 e. The van der Waals surface area contributed by atoms with Gasteiger partial charge in [0.15, 0.2) is 5.78 Å². The van der Waals surface area contributed by atoms with Crippen molar-refractivity contribution in [2.75, 3.05) is 7.11 Å². The molecule has 2 rings (SSSR count). The van der Waals surface area contributed by atoms with Crippen LogP contribution in [0.5, 0.6) is 5.75 Å². The minimum absolute atomic E-state index is 0.0809. The van der Waals surface area contributed by atoms with Gasteiger partial charge in [0, 0.05) is 11.1 Å². The Morgan fingerprint density at radius 1 is 1.11 bits per heavy atom. The predicted molar refractivity (Wildman–Crippen MR) is 72.6 cm³/mol. The summed E-state index contributed by atoms with van der Waals surface area (Å²) in [6.07, 6.45) is 0. The standard InChI is InChI=1S/C15H13ClO2/c1-10-3-5-11(6-4-10)15(17)13-8-7-12(18-2)9-14(13)16/h3-9H,1-2H3. The SMILES string of the molecule is COc1ccc(C(=O)c2ccc(C)cc2)c(Cl)c1. The first-order valence-electron chi connectivity index (χ1n) is 5.56. The average Bonchev–Trinajstić information content (AvgIpc) is 2.38. The van der Waals surface area contributed by atoms with Crippen LogP contribution in [0.25, 0.3) is 0 Å². The van der Waals surface area contributed by atoms with E-state index in [2.05, 4.69) is 0 Å². The fraction of sp³-hybridized carbons (Fsp3) is 0.133. The molecule has 0 spiro atoms. The largest absolute Gasteiger partial charge is 0.497 e. The molecular formula is C15H13ClO2. The van der Waals surface area contributed by atoms with Crippen molar-refractivity contribution >= 4 is 17.4 Å². The van der Waals surface area contributed by atoms with E-state index >= 15 is 0 Å². The number of ether oxygens (including phenoxy) is 1. The molecule has 18 heavy (non-hydrogen) atoms. The molecule has 3 heteroatoms. The van der Waals surface area contributed by atoms with Crippen LogP contribution >= 0.6 is 11.6 Å². The van der Waals surface area contributed by atoms with Crippen LogP contribution < -0.4 is 4.74 Å². The lowest BCUT2D eigenvalue weighted by Crippen LogP contribution is -2.02. The molecule has 0 saturated heterocycles. The van der Waals surface area contributed by atoms with E-state index in [-0.39, 0.29) is 5.78 Å². The van der Waals surface area contributed by atoms with Crippen LogP contribution in [0.4, 0.5) is 0 Å². The molecule has 0 amide bonds. The highest BCUT2D eigenvalue weighted by atomic mass is 35.5. The number of aryl methyl sites for hydroxylation is 1. The monoisotopic (exact) mass is 260 g/mol. The molecule has 0 aromatic heterocycles. The van der Waals surface area contributed by atoms with Gasteiger partial charge >= 0.3 is 0 Å². The summed E-state index contributed by atoms with van der Waals surface area (Å²) in [5.74, 6) is 0.558. The normalized spacial score (nSPS) is 10.2. The maximum absolute atomic E-state index is 12.3. The maximum atomic E-state index is 12.3. The summed E-state index contributed by atoms with van der Waals surface area (Å²) in [6, 6.07) is 12.5. The van der Waals surface area contributed by atoms with Crippen LogP contribution in [0.15, 0.2) is 42.5 Å². The molecule has 0 heterocycles. The molecule has 2 aromatic carbocycles. The zero-order chi connectivity index (χ0) is 13.1. The fourth-order valence-electron chi connectivity index (χ4n) is 1.67. The van der Waals surface area contributed by atoms with Crippen molar-refractivity contribution in [2.24, 2.45) is 0 Å². The topological polar surface area (TPSA) is 26.3 Å². The molecular weight excluding hydrogens is 248 g/mol. The Kier molecular flexibility index (Phi) is 3.68. The summed E-state index contributed by atoms with van der Waals surface area (Å²) in [7, 11) is 1.56. The summed E-state index contributed by atoms with van der Waals surface area (Å²) in [4.78, 5) is 12.3.